The molecule has 0 amide bonds. The summed E-state index contributed by atoms with van der Waals surface area (Å²) < 4.78 is 0. The Bertz CT molecular complexity index is 134. The van der Waals surface area contributed by atoms with E-state index in [9.17, 15) is 0 Å². The standard InChI is InChI=1S/C11H25NO4/c1-9(2)3-6-12(7-4-10(13)14)8-5-11(15)16/h9-11,13-16H,3-8H2,1-2H3. The molecule has 5 heteroatoms. The van der Waals surface area contributed by atoms with E-state index in [4.69, 9.17) is 20.4 Å². The lowest BCUT2D eigenvalue weighted by molar-refractivity contribution is -0.0596. The Kier molecular flexibility index (Phi) is 8.78. The van der Waals surface area contributed by atoms with E-state index in [-0.39, 0.29) is 0 Å². The fourth-order valence-corrected chi connectivity index (χ4v) is 1.37. The third-order valence-corrected chi connectivity index (χ3v) is 2.43. The lowest BCUT2D eigenvalue weighted by Crippen LogP contribution is -2.32. The van der Waals surface area contributed by atoms with Crippen molar-refractivity contribution in [2.75, 3.05) is 19.6 Å². The average molecular weight is 235 g/mol. The van der Waals surface area contributed by atoms with Gasteiger partial charge < -0.3 is 25.3 Å². The van der Waals surface area contributed by atoms with E-state index >= 15 is 0 Å². The summed E-state index contributed by atoms with van der Waals surface area (Å²) in [6.45, 7) is 6.23. The zero-order valence-electron chi connectivity index (χ0n) is 10.2. The number of aliphatic hydroxyl groups excluding tert-OH is 2. The minimum atomic E-state index is -1.29. The highest BCUT2D eigenvalue weighted by Gasteiger charge is 2.09. The zero-order chi connectivity index (χ0) is 12.6. The second kappa shape index (κ2) is 8.90. The molecule has 0 saturated carbocycles. The predicted molar refractivity (Wildman–Crippen MR) is 61.6 cm³/mol. The Morgan fingerprint density at radius 2 is 1.12 bits per heavy atom. The normalized spacial score (nSPS) is 12.4. The first-order valence-electron chi connectivity index (χ1n) is 5.86. The quantitative estimate of drug-likeness (QED) is 0.414. The summed E-state index contributed by atoms with van der Waals surface area (Å²) in [5.41, 5.74) is 0. The van der Waals surface area contributed by atoms with Gasteiger partial charge in [0, 0.05) is 25.9 Å². The van der Waals surface area contributed by atoms with Crippen LogP contribution in [0.4, 0.5) is 0 Å². The molecule has 0 atom stereocenters. The first kappa shape index (κ1) is 15.8. The molecule has 0 rings (SSSR count). The Balaban J connectivity index is 3.85. The van der Waals surface area contributed by atoms with E-state index in [1.165, 1.54) is 0 Å². The molecule has 0 aromatic rings. The molecule has 0 heterocycles. The van der Waals surface area contributed by atoms with Gasteiger partial charge >= 0.3 is 0 Å². The Labute approximate surface area is 97.3 Å². The monoisotopic (exact) mass is 235 g/mol. The number of aliphatic hydroxyl groups is 4. The number of nitrogens with zero attached hydrogens (tertiary/aromatic N) is 1. The summed E-state index contributed by atoms with van der Waals surface area (Å²) in [4.78, 5) is 2.03. The van der Waals surface area contributed by atoms with E-state index in [1.807, 2.05) is 4.90 Å². The molecule has 0 saturated heterocycles. The van der Waals surface area contributed by atoms with Gasteiger partial charge in [0.25, 0.3) is 0 Å². The van der Waals surface area contributed by atoms with Crippen LogP contribution >= 0.6 is 0 Å². The molecule has 16 heavy (non-hydrogen) atoms. The smallest absolute Gasteiger partial charge is 0.152 e. The van der Waals surface area contributed by atoms with E-state index in [0.717, 1.165) is 13.0 Å². The van der Waals surface area contributed by atoms with Crippen molar-refractivity contribution < 1.29 is 20.4 Å². The molecule has 0 unspecified atom stereocenters. The van der Waals surface area contributed by atoms with Crippen molar-refractivity contribution in [3.8, 4) is 0 Å². The van der Waals surface area contributed by atoms with Crippen LogP contribution in [0.1, 0.15) is 33.1 Å². The highest BCUT2D eigenvalue weighted by molar-refractivity contribution is 4.61. The van der Waals surface area contributed by atoms with Crippen LogP contribution in [0.3, 0.4) is 0 Å². The van der Waals surface area contributed by atoms with Crippen molar-refractivity contribution >= 4 is 0 Å². The summed E-state index contributed by atoms with van der Waals surface area (Å²) in [6.07, 6.45) is -0.983. The Hall–Kier alpha value is -0.200. The molecule has 0 aliphatic heterocycles. The van der Waals surface area contributed by atoms with Crippen LogP contribution < -0.4 is 0 Å². The first-order valence-corrected chi connectivity index (χ1v) is 5.86. The lowest BCUT2D eigenvalue weighted by Gasteiger charge is -2.23. The van der Waals surface area contributed by atoms with Gasteiger partial charge in [-0.25, -0.2) is 0 Å². The number of hydrogen-bond donors (Lipinski definition) is 4. The molecule has 0 aliphatic rings. The topological polar surface area (TPSA) is 84.2 Å². The third kappa shape index (κ3) is 10.3. The van der Waals surface area contributed by atoms with Gasteiger partial charge in [0.1, 0.15) is 0 Å². The highest BCUT2D eigenvalue weighted by atomic mass is 16.5. The van der Waals surface area contributed by atoms with Crippen molar-refractivity contribution in [2.45, 2.75) is 45.7 Å². The average Bonchev–Trinajstić information content (AvgIpc) is 2.15. The molecular weight excluding hydrogens is 210 g/mol. The summed E-state index contributed by atoms with van der Waals surface area (Å²) in [7, 11) is 0. The van der Waals surface area contributed by atoms with Crippen LogP contribution in [0.25, 0.3) is 0 Å². The molecule has 0 aromatic carbocycles. The molecule has 0 fully saturated rings. The second-order valence-electron chi connectivity index (χ2n) is 4.56. The molecule has 4 N–H and O–H groups in total. The minimum absolute atomic E-state index is 0.291. The lowest BCUT2D eigenvalue weighted by atomic mass is 10.1. The van der Waals surface area contributed by atoms with Gasteiger partial charge in [-0.05, 0) is 18.9 Å². The molecule has 0 bridgehead atoms. The van der Waals surface area contributed by atoms with Gasteiger partial charge in [-0.1, -0.05) is 13.8 Å². The SMILES string of the molecule is CC(C)CCN(CCC(O)O)CCC(O)O. The summed E-state index contributed by atoms with van der Waals surface area (Å²) in [5.74, 6) is 0.584. The zero-order valence-corrected chi connectivity index (χ0v) is 10.2. The van der Waals surface area contributed by atoms with Crippen molar-refractivity contribution in [3.05, 3.63) is 0 Å². The molecule has 5 nitrogen and oxygen atoms in total. The van der Waals surface area contributed by atoms with Crippen molar-refractivity contribution in [3.63, 3.8) is 0 Å². The minimum Gasteiger partial charge on any atom is -0.368 e. The maximum Gasteiger partial charge on any atom is 0.152 e. The van der Waals surface area contributed by atoms with Crippen LogP contribution in [0.15, 0.2) is 0 Å². The van der Waals surface area contributed by atoms with Gasteiger partial charge in [0.15, 0.2) is 12.6 Å². The molecule has 98 valence electrons. The van der Waals surface area contributed by atoms with Crippen LogP contribution in [-0.4, -0.2) is 57.5 Å². The van der Waals surface area contributed by atoms with E-state index in [1.54, 1.807) is 0 Å². The van der Waals surface area contributed by atoms with Crippen LogP contribution in [0.5, 0.6) is 0 Å². The summed E-state index contributed by atoms with van der Waals surface area (Å²) in [6, 6.07) is 0. The van der Waals surface area contributed by atoms with E-state index < -0.39 is 12.6 Å². The van der Waals surface area contributed by atoms with Crippen molar-refractivity contribution in [1.29, 1.82) is 0 Å². The Morgan fingerprint density at radius 1 is 0.750 bits per heavy atom. The van der Waals surface area contributed by atoms with Gasteiger partial charge in [0.05, 0.1) is 0 Å². The maximum absolute atomic E-state index is 8.79. The fraction of sp³-hybridized carbons (Fsp3) is 1.00. The maximum atomic E-state index is 8.79. The fourth-order valence-electron chi connectivity index (χ4n) is 1.37. The number of rotatable bonds is 9. The first-order chi connectivity index (χ1) is 7.41. The highest BCUT2D eigenvalue weighted by Crippen LogP contribution is 2.05. The van der Waals surface area contributed by atoms with Crippen molar-refractivity contribution in [2.24, 2.45) is 5.92 Å². The molecule has 0 aliphatic carbocycles. The summed E-state index contributed by atoms with van der Waals surface area (Å²) >= 11 is 0. The van der Waals surface area contributed by atoms with Crippen molar-refractivity contribution in [1.82, 2.24) is 4.90 Å². The Morgan fingerprint density at radius 3 is 1.44 bits per heavy atom. The molecule has 0 radical (unpaired) electrons. The van der Waals surface area contributed by atoms with Gasteiger partial charge in [-0.15, -0.1) is 0 Å². The third-order valence-electron chi connectivity index (χ3n) is 2.43. The largest absolute Gasteiger partial charge is 0.368 e. The van der Waals surface area contributed by atoms with Crippen LogP contribution in [-0.2, 0) is 0 Å². The second-order valence-corrected chi connectivity index (χ2v) is 4.56. The van der Waals surface area contributed by atoms with E-state index in [0.29, 0.717) is 31.8 Å². The van der Waals surface area contributed by atoms with Crippen LogP contribution in [0.2, 0.25) is 0 Å². The molecule has 0 spiro atoms. The van der Waals surface area contributed by atoms with Gasteiger partial charge in [0.2, 0.25) is 0 Å². The number of hydrogen-bond acceptors (Lipinski definition) is 5. The van der Waals surface area contributed by atoms with Gasteiger partial charge in [-0.3, -0.25) is 0 Å². The summed E-state index contributed by atoms with van der Waals surface area (Å²) in [5, 5.41) is 35.1. The molecular formula is C11H25NO4. The molecule has 0 aromatic heterocycles. The predicted octanol–water partition coefficient (Wildman–Crippen LogP) is -0.264. The van der Waals surface area contributed by atoms with Crippen LogP contribution in [0, 0.1) is 5.92 Å². The van der Waals surface area contributed by atoms with E-state index in [2.05, 4.69) is 13.8 Å². The van der Waals surface area contributed by atoms with Gasteiger partial charge in [-0.2, -0.15) is 0 Å².